The zero-order valence-corrected chi connectivity index (χ0v) is 13.5. The standard InChI is InChI=1S/C19H14F2N2S/c20-14-8-9-17(15(21)11-14)23-18(13-5-2-1-3-6-13)12-16(22-23)19-7-4-10-24-19/h1-11,18H,12H2/t18-/m0/s1. The van der Waals surface area contributed by atoms with Crippen LogP contribution in [0.5, 0.6) is 0 Å². The van der Waals surface area contributed by atoms with E-state index in [1.54, 1.807) is 16.3 Å². The summed E-state index contributed by atoms with van der Waals surface area (Å²) in [5.74, 6) is -1.19. The van der Waals surface area contributed by atoms with Crippen molar-refractivity contribution in [3.8, 4) is 0 Å². The molecule has 3 aromatic rings. The number of nitrogens with zero attached hydrogens (tertiary/aromatic N) is 2. The number of halogens is 2. The third-order valence-corrected chi connectivity index (χ3v) is 4.98. The molecule has 2 heterocycles. The van der Waals surface area contributed by atoms with Crippen LogP contribution in [0.15, 0.2) is 71.1 Å². The highest BCUT2D eigenvalue weighted by atomic mass is 32.1. The predicted molar refractivity (Wildman–Crippen MR) is 93.5 cm³/mol. The van der Waals surface area contributed by atoms with Crippen LogP contribution in [0.4, 0.5) is 14.5 Å². The van der Waals surface area contributed by atoms with Gasteiger partial charge < -0.3 is 0 Å². The minimum atomic E-state index is -0.605. The first kappa shape index (κ1) is 15.0. The zero-order valence-electron chi connectivity index (χ0n) is 12.7. The smallest absolute Gasteiger partial charge is 0.151 e. The molecule has 0 aliphatic carbocycles. The Kier molecular flexibility index (Phi) is 3.86. The van der Waals surface area contributed by atoms with Gasteiger partial charge in [-0.1, -0.05) is 36.4 Å². The minimum absolute atomic E-state index is 0.108. The number of rotatable bonds is 3. The van der Waals surface area contributed by atoms with Gasteiger partial charge in [0.1, 0.15) is 5.82 Å². The van der Waals surface area contributed by atoms with E-state index in [1.807, 2.05) is 47.8 Å². The van der Waals surface area contributed by atoms with Crippen LogP contribution in [0.2, 0.25) is 0 Å². The molecule has 2 aromatic carbocycles. The lowest BCUT2D eigenvalue weighted by Gasteiger charge is -2.24. The first-order valence-electron chi connectivity index (χ1n) is 7.63. The Morgan fingerprint density at radius 1 is 1.00 bits per heavy atom. The van der Waals surface area contributed by atoms with Gasteiger partial charge in [-0.3, -0.25) is 5.01 Å². The summed E-state index contributed by atoms with van der Waals surface area (Å²) in [6.45, 7) is 0. The van der Waals surface area contributed by atoms with Crippen molar-refractivity contribution in [2.75, 3.05) is 5.01 Å². The molecular weight excluding hydrogens is 326 g/mol. The van der Waals surface area contributed by atoms with Crippen molar-refractivity contribution < 1.29 is 8.78 Å². The molecule has 24 heavy (non-hydrogen) atoms. The summed E-state index contributed by atoms with van der Waals surface area (Å²) in [6.07, 6.45) is 0.682. The van der Waals surface area contributed by atoms with E-state index in [4.69, 9.17) is 0 Å². The van der Waals surface area contributed by atoms with Gasteiger partial charge in [0.25, 0.3) is 0 Å². The third kappa shape index (κ3) is 2.71. The van der Waals surface area contributed by atoms with Gasteiger partial charge in [-0.25, -0.2) is 8.78 Å². The molecule has 0 N–H and O–H groups in total. The van der Waals surface area contributed by atoms with Crippen molar-refractivity contribution in [3.63, 3.8) is 0 Å². The molecule has 0 saturated heterocycles. The number of thiophene rings is 1. The van der Waals surface area contributed by atoms with Crippen molar-refractivity contribution in [2.24, 2.45) is 5.10 Å². The summed E-state index contributed by atoms with van der Waals surface area (Å²) in [6, 6.07) is 17.4. The summed E-state index contributed by atoms with van der Waals surface area (Å²) < 4.78 is 27.6. The van der Waals surface area contributed by atoms with Gasteiger partial charge in [-0.05, 0) is 29.1 Å². The second-order valence-electron chi connectivity index (χ2n) is 5.59. The first-order valence-corrected chi connectivity index (χ1v) is 8.51. The van der Waals surface area contributed by atoms with Gasteiger partial charge in [-0.15, -0.1) is 11.3 Å². The SMILES string of the molecule is Fc1ccc(N2N=C(c3cccs3)C[C@H]2c2ccccc2)c(F)c1. The van der Waals surface area contributed by atoms with Crippen molar-refractivity contribution in [3.05, 3.63) is 88.1 Å². The lowest BCUT2D eigenvalue weighted by molar-refractivity contribution is 0.573. The van der Waals surface area contributed by atoms with Gasteiger partial charge in [-0.2, -0.15) is 5.10 Å². The maximum absolute atomic E-state index is 14.3. The molecule has 2 nitrogen and oxygen atoms in total. The van der Waals surface area contributed by atoms with Crippen molar-refractivity contribution in [2.45, 2.75) is 12.5 Å². The second kappa shape index (κ2) is 6.17. The monoisotopic (exact) mass is 340 g/mol. The highest BCUT2D eigenvalue weighted by Gasteiger charge is 2.31. The summed E-state index contributed by atoms with van der Waals surface area (Å²) in [7, 11) is 0. The largest absolute Gasteiger partial charge is 0.254 e. The zero-order chi connectivity index (χ0) is 16.5. The van der Waals surface area contributed by atoms with Crippen molar-refractivity contribution in [1.82, 2.24) is 0 Å². The Morgan fingerprint density at radius 2 is 1.83 bits per heavy atom. The van der Waals surface area contributed by atoms with E-state index in [9.17, 15) is 8.78 Å². The van der Waals surface area contributed by atoms with Crippen LogP contribution < -0.4 is 5.01 Å². The van der Waals surface area contributed by atoms with Crippen LogP contribution in [0.3, 0.4) is 0 Å². The third-order valence-electron chi connectivity index (χ3n) is 4.06. The van der Waals surface area contributed by atoms with Gasteiger partial charge in [0, 0.05) is 12.5 Å². The van der Waals surface area contributed by atoms with Crippen LogP contribution in [0.25, 0.3) is 0 Å². The van der Waals surface area contributed by atoms with Crippen molar-refractivity contribution >= 4 is 22.7 Å². The van der Waals surface area contributed by atoms with Gasteiger partial charge in [0.2, 0.25) is 0 Å². The summed E-state index contributed by atoms with van der Waals surface area (Å²) in [4.78, 5) is 1.07. The van der Waals surface area contributed by atoms with Crippen LogP contribution in [-0.4, -0.2) is 5.71 Å². The molecule has 1 aliphatic heterocycles. The van der Waals surface area contributed by atoms with E-state index in [2.05, 4.69) is 5.10 Å². The average molecular weight is 340 g/mol. The van der Waals surface area contributed by atoms with E-state index in [0.29, 0.717) is 6.42 Å². The molecule has 4 rings (SSSR count). The Hall–Kier alpha value is -2.53. The van der Waals surface area contributed by atoms with Gasteiger partial charge in [0.05, 0.1) is 22.3 Å². The first-order chi connectivity index (χ1) is 11.7. The molecule has 5 heteroatoms. The molecule has 0 spiro atoms. The van der Waals surface area contributed by atoms with E-state index >= 15 is 0 Å². The molecule has 1 aromatic heterocycles. The van der Waals surface area contributed by atoms with E-state index in [-0.39, 0.29) is 11.7 Å². The fourth-order valence-corrected chi connectivity index (χ4v) is 3.65. The summed E-state index contributed by atoms with van der Waals surface area (Å²) in [5, 5.41) is 8.31. The van der Waals surface area contributed by atoms with E-state index in [1.165, 1.54) is 12.1 Å². The molecular formula is C19H14F2N2S. The molecule has 0 fully saturated rings. The van der Waals surface area contributed by atoms with E-state index in [0.717, 1.165) is 22.2 Å². The molecule has 0 saturated carbocycles. The number of hydrazone groups is 1. The molecule has 0 amide bonds. The Bertz CT molecular complexity index is 876. The lowest BCUT2D eigenvalue weighted by Crippen LogP contribution is -2.19. The summed E-state index contributed by atoms with van der Waals surface area (Å²) in [5.41, 5.74) is 2.26. The van der Waals surface area contributed by atoms with Crippen LogP contribution in [-0.2, 0) is 0 Å². The maximum Gasteiger partial charge on any atom is 0.151 e. The van der Waals surface area contributed by atoms with Crippen molar-refractivity contribution in [1.29, 1.82) is 0 Å². The van der Waals surface area contributed by atoms with Gasteiger partial charge >= 0.3 is 0 Å². The number of anilines is 1. The Balaban J connectivity index is 1.79. The van der Waals surface area contributed by atoms with Crippen LogP contribution in [0, 0.1) is 11.6 Å². The Morgan fingerprint density at radius 3 is 2.54 bits per heavy atom. The molecule has 1 atom stereocenters. The Labute approximate surface area is 142 Å². The average Bonchev–Trinajstić information content (AvgIpc) is 3.25. The number of hydrogen-bond donors (Lipinski definition) is 0. The molecule has 120 valence electrons. The van der Waals surface area contributed by atoms with Crippen LogP contribution in [0.1, 0.15) is 22.9 Å². The second-order valence-corrected chi connectivity index (χ2v) is 6.54. The highest BCUT2D eigenvalue weighted by molar-refractivity contribution is 7.12. The lowest BCUT2D eigenvalue weighted by atomic mass is 10.0. The topological polar surface area (TPSA) is 15.6 Å². The van der Waals surface area contributed by atoms with Gasteiger partial charge in [0.15, 0.2) is 5.82 Å². The normalized spacial score (nSPS) is 17.2. The fraction of sp³-hybridized carbons (Fsp3) is 0.105. The molecule has 0 radical (unpaired) electrons. The number of benzene rings is 2. The molecule has 0 bridgehead atoms. The van der Waals surface area contributed by atoms with E-state index < -0.39 is 11.6 Å². The van der Waals surface area contributed by atoms with Crippen LogP contribution >= 0.6 is 11.3 Å². The highest BCUT2D eigenvalue weighted by Crippen LogP contribution is 2.38. The number of hydrogen-bond acceptors (Lipinski definition) is 3. The molecule has 1 aliphatic rings. The minimum Gasteiger partial charge on any atom is -0.254 e. The quantitative estimate of drug-likeness (QED) is 0.625. The maximum atomic E-state index is 14.3. The fourth-order valence-electron chi connectivity index (χ4n) is 2.93. The molecule has 0 unspecified atom stereocenters. The predicted octanol–water partition coefficient (Wildman–Crippen LogP) is 5.38. The summed E-state index contributed by atoms with van der Waals surface area (Å²) >= 11 is 1.61.